The van der Waals surface area contributed by atoms with Crippen LogP contribution in [0.1, 0.15) is 31.7 Å². The summed E-state index contributed by atoms with van der Waals surface area (Å²) in [6, 6.07) is 3.92. The first-order valence-corrected chi connectivity index (χ1v) is 6.62. The van der Waals surface area contributed by atoms with Gasteiger partial charge in [-0.3, -0.25) is 0 Å². The molecule has 0 aliphatic carbocycles. The smallest absolute Gasteiger partial charge is 0.162 e. The molecule has 0 radical (unpaired) electrons. The standard InChI is InChI=1S/C13H18N2OS/c1-9-4-5-11(16-9)12-15-10(8-17-12)6-7-13(2,3)14/h4-5,8H,6-7,14H2,1-3H3. The maximum absolute atomic E-state index is 5.96. The summed E-state index contributed by atoms with van der Waals surface area (Å²) in [6.45, 7) is 6.02. The van der Waals surface area contributed by atoms with Crippen LogP contribution in [0.5, 0.6) is 0 Å². The second-order valence-corrected chi connectivity index (χ2v) is 5.90. The Morgan fingerprint density at radius 1 is 1.41 bits per heavy atom. The molecule has 0 spiro atoms. The molecular weight excluding hydrogens is 232 g/mol. The molecule has 2 heterocycles. The summed E-state index contributed by atoms with van der Waals surface area (Å²) in [6.07, 6.45) is 1.85. The van der Waals surface area contributed by atoms with Gasteiger partial charge in [-0.05, 0) is 45.7 Å². The molecule has 0 bridgehead atoms. The van der Waals surface area contributed by atoms with Gasteiger partial charge in [0.2, 0.25) is 0 Å². The van der Waals surface area contributed by atoms with Crippen LogP contribution in [0, 0.1) is 6.92 Å². The van der Waals surface area contributed by atoms with Gasteiger partial charge >= 0.3 is 0 Å². The van der Waals surface area contributed by atoms with E-state index in [0.29, 0.717) is 0 Å². The maximum Gasteiger partial charge on any atom is 0.162 e. The largest absolute Gasteiger partial charge is 0.459 e. The summed E-state index contributed by atoms with van der Waals surface area (Å²) in [4.78, 5) is 4.57. The van der Waals surface area contributed by atoms with Crippen LogP contribution >= 0.6 is 11.3 Å². The third-order valence-corrected chi connectivity index (χ3v) is 3.43. The van der Waals surface area contributed by atoms with Gasteiger partial charge in [-0.1, -0.05) is 0 Å². The zero-order chi connectivity index (χ0) is 12.5. The summed E-state index contributed by atoms with van der Waals surface area (Å²) in [5, 5.41) is 3.03. The molecule has 3 nitrogen and oxygen atoms in total. The van der Waals surface area contributed by atoms with Crippen molar-refractivity contribution < 1.29 is 4.42 Å². The van der Waals surface area contributed by atoms with E-state index in [-0.39, 0.29) is 5.54 Å². The average molecular weight is 250 g/mol. The maximum atomic E-state index is 5.96. The summed E-state index contributed by atoms with van der Waals surface area (Å²) in [5.41, 5.74) is 6.92. The van der Waals surface area contributed by atoms with Gasteiger partial charge in [-0.15, -0.1) is 11.3 Å². The van der Waals surface area contributed by atoms with Crippen molar-refractivity contribution in [2.75, 3.05) is 0 Å². The third kappa shape index (κ3) is 3.41. The van der Waals surface area contributed by atoms with Crippen molar-refractivity contribution in [3.8, 4) is 10.8 Å². The van der Waals surface area contributed by atoms with Crippen LogP contribution in [0.3, 0.4) is 0 Å². The number of rotatable bonds is 4. The molecule has 4 heteroatoms. The van der Waals surface area contributed by atoms with Crippen molar-refractivity contribution in [2.24, 2.45) is 5.73 Å². The van der Waals surface area contributed by atoms with Crippen LogP contribution < -0.4 is 5.73 Å². The fourth-order valence-electron chi connectivity index (χ4n) is 1.53. The van der Waals surface area contributed by atoms with E-state index < -0.39 is 0 Å². The number of nitrogens with two attached hydrogens (primary N) is 1. The molecule has 17 heavy (non-hydrogen) atoms. The lowest BCUT2D eigenvalue weighted by Gasteiger charge is -2.16. The summed E-state index contributed by atoms with van der Waals surface area (Å²) >= 11 is 1.62. The van der Waals surface area contributed by atoms with E-state index in [2.05, 4.69) is 10.4 Å². The predicted molar refractivity (Wildman–Crippen MR) is 71.1 cm³/mol. The number of hydrogen-bond acceptors (Lipinski definition) is 4. The van der Waals surface area contributed by atoms with E-state index in [9.17, 15) is 0 Å². The van der Waals surface area contributed by atoms with Gasteiger partial charge in [0, 0.05) is 10.9 Å². The second kappa shape index (κ2) is 4.63. The number of hydrogen-bond donors (Lipinski definition) is 1. The molecule has 0 saturated heterocycles. The fraction of sp³-hybridized carbons (Fsp3) is 0.462. The van der Waals surface area contributed by atoms with E-state index in [1.165, 1.54) is 0 Å². The topological polar surface area (TPSA) is 52.0 Å². The van der Waals surface area contributed by atoms with Crippen LogP contribution in [0.15, 0.2) is 21.9 Å². The highest BCUT2D eigenvalue weighted by Crippen LogP contribution is 2.26. The van der Waals surface area contributed by atoms with Gasteiger partial charge in [-0.2, -0.15) is 0 Å². The summed E-state index contributed by atoms with van der Waals surface area (Å²) in [7, 11) is 0. The van der Waals surface area contributed by atoms with Crippen LogP contribution in [-0.4, -0.2) is 10.5 Å². The summed E-state index contributed by atoms with van der Waals surface area (Å²) < 4.78 is 5.55. The molecule has 0 amide bonds. The van der Waals surface area contributed by atoms with Crippen molar-refractivity contribution in [1.82, 2.24) is 4.98 Å². The molecule has 0 aliphatic rings. The Balaban J connectivity index is 2.06. The molecule has 0 aromatic carbocycles. The van der Waals surface area contributed by atoms with Gasteiger partial charge in [0.25, 0.3) is 0 Å². The number of aromatic nitrogens is 1. The first kappa shape index (κ1) is 12.3. The minimum absolute atomic E-state index is 0.134. The average Bonchev–Trinajstić information content (AvgIpc) is 2.81. The monoisotopic (exact) mass is 250 g/mol. The van der Waals surface area contributed by atoms with Crippen LogP contribution in [0.2, 0.25) is 0 Å². The van der Waals surface area contributed by atoms with Crippen LogP contribution in [0.4, 0.5) is 0 Å². The molecular formula is C13H18N2OS. The normalized spacial score (nSPS) is 12.0. The van der Waals surface area contributed by atoms with Crippen molar-refractivity contribution in [2.45, 2.75) is 39.2 Å². The fourth-order valence-corrected chi connectivity index (χ4v) is 2.35. The molecule has 2 aromatic rings. The number of aryl methyl sites for hydroxylation is 2. The van der Waals surface area contributed by atoms with Crippen LogP contribution in [-0.2, 0) is 6.42 Å². The highest BCUT2D eigenvalue weighted by atomic mass is 32.1. The van der Waals surface area contributed by atoms with E-state index >= 15 is 0 Å². The SMILES string of the molecule is Cc1ccc(-c2nc(CCC(C)(C)N)cs2)o1. The molecule has 0 atom stereocenters. The Kier molecular flexibility index (Phi) is 3.35. The Morgan fingerprint density at radius 3 is 2.76 bits per heavy atom. The third-order valence-electron chi connectivity index (χ3n) is 2.53. The second-order valence-electron chi connectivity index (χ2n) is 5.04. The first-order valence-electron chi connectivity index (χ1n) is 5.74. The molecule has 0 aliphatic heterocycles. The Hall–Kier alpha value is -1.13. The zero-order valence-electron chi connectivity index (χ0n) is 10.5. The first-order chi connectivity index (χ1) is 7.94. The Bertz CT molecular complexity index is 493. The number of thiazole rings is 1. The number of nitrogens with zero attached hydrogens (tertiary/aromatic N) is 1. The van der Waals surface area contributed by atoms with Gasteiger partial charge in [0.15, 0.2) is 10.8 Å². The van der Waals surface area contributed by atoms with E-state index in [0.717, 1.165) is 35.1 Å². The minimum atomic E-state index is -0.134. The Labute approximate surface area is 106 Å². The van der Waals surface area contributed by atoms with E-state index in [4.69, 9.17) is 10.2 Å². The van der Waals surface area contributed by atoms with Gasteiger partial charge in [0.05, 0.1) is 5.69 Å². The molecule has 2 aromatic heterocycles. The lowest BCUT2D eigenvalue weighted by atomic mass is 9.99. The van der Waals surface area contributed by atoms with Crippen molar-refractivity contribution in [3.05, 3.63) is 29.0 Å². The highest BCUT2D eigenvalue weighted by molar-refractivity contribution is 7.13. The Morgan fingerprint density at radius 2 is 2.18 bits per heavy atom. The highest BCUT2D eigenvalue weighted by Gasteiger charge is 2.13. The number of furan rings is 1. The lowest BCUT2D eigenvalue weighted by Crippen LogP contribution is -2.32. The molecule has 0 unspecified atom stereocenters. The zero-order valence-corrected chi connectivity index (χ0v) is 11.3. The van der Waals surface area contributed by atoms with Gasteiger partial charge < -0.3 is 10.2 Å². The van der Waals surface area contributed by atoms with E-state index in [1.807, 2.05) is 32.9 Å². The molecule has 0 saturated carbocycles. The lowest BCUT2D eigenvalue weighted by molar-refractivity contribution is 0.474. The van der Waals surface area contributed by atoms with Gasteiger partial charge in [-0.25, -0.2) is 4.98 Å². The van der Waals surface area contributed by atoms with E-state index in [1.54, 1.807) is 11.3 Å². The predicted octanol–water partition coefficient (Wildman–Crippen LogP) is 3.38. The van der Waals surface area contributed by atoms with Gasteiger partial charge in [0.1, 0.15) is 5.76 Å². The quantitative estimate of drug-likeness (QED) is 0.905. The molecule has 2 N–H and O–H groups in total. The summed E-state index contributed by atoms with van der Waals surface area (Å²) in [5.74, 6) is 1.77. The van der Waals surface area contributed by atoms with Crippen molar-refractivity contribution in [3.63, 3.8) is 0 Å². The molecule has 0 fully saturated rings. The van der Waals surface area contributed by atoms with Crippen LogP contribution in [0.25, 0.3) is 10.8 Å². The van der Waals surface area contributed by atoms with Crippen molar-refractivity contribution >= 4 is 11.3 Å². The molecule has 2 rings (SSSR count). The minimum Gasteiger partial charge on any atom is -0.459 e. The molecule has 92 valence electrons. The van der Waals surface area contributed by atoms with Crippen molar-refractivity contribution in [1.29, 1.82) is 0 Å².